The monoisotopic (exact) mass is 241 g/mol. The Labute approximate surface area is 89.9 Å². The maximum atomic E-state index is 11.2. The SMILES string of the molecule is CCCC(N)(C(C)(CO)CO)S(=O)(=O)O. The van der Waals surface area contributed by atoms with Crippen LogP contribution in [0.4, 0.5) is 0 Å². The van der Waals surface area contributed by atoms with E-state index in [1.807, 2.05) is 0 Å². The smallest absolute Gasteiger partial charge is 0.284 e. The van der Waals surface area contributed by atoms with E-state index in [2.05, 4.69) is 0 Å². The Balaban J connectivity index is 5.48. The molecule has 0 aromatic rings. The topological polar surface area (TPSA) is 121 Å². The van der Waals surface area contributed by atoms with Crippen LogP contribution in [0, 0.1) is 5.41 Å². The molecule has 0 aromatic heterocycles. The molecular weight excluding hydrogens is 222 g/mol. The molecule has 0 aromatic carbocycles. The summed E-state index contributed by atoms with van der Waals surface area (Å²) in [6, 6.07) is 0. The van der Waals surface area contributed by atoms with Crippen molar-refractivity contribution in [2.45, 2.75) is 31.6 Å². The van der Waals surface area contributed by atoms with Gasteiger partial charge in [0, 0.05) is 5.41 Å². The van der Waals surface area contributed by atoms with Gasteiger partial charge in [-0.15, -0.1) is 0 Å². The fourth-order valence-corrected chi connectivity index (χ4v) is 2.65. The van der Waals surface area contributed by atoms with E-state index in [4.69, 9.17) is 20.5 Å². The zero-order valence-corrected chi connectivity index (χ0v) is 9.79. The Bertz CT molecular complexity index is 298. The maximum Gasteiger partial charge on any atom is 0.284 e. The highest BCUT2D eigenvalue weighted by Crippen LogP contribution is 2.36. The third-order valence-corrected chi connectivity index (χ3v) is 4.42. The Morgan fingerprint density at radius 2 is 1.67 bits per heavy atom. The summed E-state index contributed by atoms with van der Waals surface area (Å²) in [5.41, 5.74) is 4.15. The minimum Gasteiger partial charge on any atom is -0.396 e. The summed E-state index contributed by atoms with van der Waals surface area (Å²) in [7, 11) is -4.55. The van der Waals surface area contributed by atoms with E-state index in [1.54, 1.807) is 6.92 Å². The molecule has 0 spiro atoms. The molecule has 0 aliphatic heterocycles. The second-order valence-electron chi connectivity index (χ2n) is 3.99. The average Bonchev–Trinajstić information content (AvgIpc) is 2.15. The molecule has 0 amide bonds. The molecule has 1 unspecified atom stereocenters. The zero-order chi connectivity index (χ0) is 12.3. The first-order valence-corrected chi connectivity index (χ1v) is 6.10. The normalized spacial score (nSPS) is 17.5. The highest BCUT2D eigenvalue weighted by molar-refractivity contribution is 7.87. The second kappa shape index (κ2) is 4.75. The third kappa shape index (κ3) is 2.48. The number of hydrogen-bond acceptors (Lipinski definition) is 5. The Morgan fingerprint density at radius 1 is 1.27 bits per heavy atom. The van der Waals surface area contributed by atoms with Gasteiger partial charge in [-0.2, -0.15) is 8.42 Å². The molecule has 0 saturated heterocycles. The predicted octanol–water partition coefficient (Wildman–Crippen LogP) is -0.680. The van der Waals surface area contributed by atoms with E-state index < -0.39 is 33.6 Å². The van der Waals surface area contributed by atoms with Crippen LogP contribution in [0.5, 0.6) is 0 Å². The van der Waals surface area contributed by atoms with Gasteiger partial charge in [-0.3, -0.25) is 4.55 Å². The van der Waals surface area contributed by atoms with Gasteiger partial charge in [0.05, 0.1) is 13.2 Å². The summed E-state index contributed by atoms with van der Waals surface area (Å²) in [6.07, 6.45) is 0.370. The minimum absolute atomic E-state index is 0.0382. The first-order chi connectivity index (χ1) is 6.68. The number of rotatable bonds is 6. The molecule has 0 rings (SSSR count). The fraction of sp³-hybridized carbons (Fsp3) is 1.00. The third-order valence-electron chi connectivity index (χ3n) is 2.80. The molecule has 0 aliphatic carbocycles. The first-order valence-electron chi connectivity index (χ1n) is 4.66. The number of aliphatic hydroxyl groups excluding tert-OH is 2. The van der Waals surface area contributed by atoms with Gasteiger partial charge in [-0.05, 0) is 6.42 Å². The molecule has 0 saturated carbocycles. The summed E-state index contributed by atoms with van der Waals surface area (Å²) in [4.78, 5) is -2.03. The minimum atomic E-state index is -4.55. The van der Waals surface area contributed by atoms with Crippen molar-refractivity contribution in [3.63, 3.8) is 0 Å². The van der Waals surface area contributed by atoms with E-state index in [0.29, 0.717) is 6.42 Å². The predicted molar refractivity (Wildman–Crippen MR) is 55.7 cm³/mol. The van der Waals surface area contributed by atoms with E-state index in [1.165, 1.54) is 6.92 Å². The summed E-state index contributed by atoms with van der Waals surface area (Å²) in [5.74, 6) is 0. The number of aliphatic hydroxyl groups is 2. The molecule has 0 bridgehead atoms. The van der Waals surface area contributed by atoms with Crippen LogP contribution in [-0.2, 0) is 10.1 Å². The Hall–Kier alpha value is -0.210. The van der Waals surface area contributed by atoms with Crippen molar-refractivity contribution in [1.29, 1.82) is 0 Å². The molecule has 1 atom stereocenters. The van der Waals surface area contributed by atoms with Gasteiger partial charge in [0.25, 0.3) is 10.1 Å². The number of hydrogen-bond donors (Lipinski definition) is 4. The lowest BCUT2D eigenvalue weighted by atomic mass is 9.81. The van der Waals surface area contributed by atoms with Gasteiger partial charge in [-0.25, -0.2) is 0 Å². The molecule has 0 radical (unpaired) electrons. The van der Waals surface area contributed by atoms with Crippen LogP contribution in [0.3, 0.4) is 0 Å². The van der Waals surface area contributed by atoms with Crippen LogP contribution in [0.15, 0.2) is 0 Å². The molecule has 7 heteroatoms. The van der Waals surface area contributed by atoms with Crippen molar-refractivity contribution in [3.8, 4) is 0 Å². The quantitative estimate of drug-likeness (QED) is 0.457. The van der Waals surface area contributed by atoms with Crippen molar-refractivity contribution < 1.29 is 23.2 Å². The Morgan fingerprint density at radius 3 is 1.87 bits per heavy atom. The van der Waals surface area contributed by atoms with Crippen LogP contribution in [0.2, 0.25) is 0 Å². The van der Waals surface area contributed by atoms with Gasteiger partial charge >= 0.3 is 0 Å². The van der Waals surface area contributed by atoms with Crippen LogP contribution in [-0.4, -0.2) is 41.3 Å². The van der Waals surface area contributed by atoms with Gasteiger partial charge < -0.3 is 15.9 Å². The average molecular weight is 241 g/mol. The highest BCUT2D eigenvalue weighted by atomic mass is 32.2. The molecule has 0 heterocycles. The largest absolute Gasteiger partial charge is 0.396 e. The van der Waals surface area contributed by atoms with Gasteiger partial charge in [0.2, 0.25) is 0 Å². The van der Waals surface area contributed by atoms with E-state index in [-0.39, 0.29) is 6.42 Å². The second-order valence-corrected chi connectivity index (χ2v) is 5.67. The van der Waals surface area contributed by atoms with Crippen molar-refractivity contribution >= 4 is 10.1 Å². The molecule has 5 N–H and O–H groups in total. The zero-order valence-electron chi connectivity index (χ0n) is 8.97. The van der Waals surface area contributed by atoms with E-state index in [0.717, 1.165) is 0 Å². The standard InChI is InChI=1S/C8H19NO5S/c1-3-4-8(9,15(12,13)14)7(2,5-10)6-11/h10-11H,3-6,9H2,1-2H3,(H,12,13,14). The van der Waals surface area contributed by atoms with Crippen LogP contribution in [0.1, 0.15) is 26.7 Å². The maximum absolute atomic E-state index is 11.2. The van der Waals surface area contributed by atoms with Crippen LogP contribution < -0.4 is 5.73 Å². The molecular formula is C8H19NO5S. The molecule has 6 nitrogen and oxygen atoms in total. The fourth-order valence-electron chi connectivity index (χ4n) is 1.43. The lowest BCUT2D eigenvalue weighted by molar-refractivity contribution is 0.0268. The van der Waals surface area contributed by atoms with Crippen molar-refractivity contribution in [2.24, 2.45) is 11.1 Å². The number of nitrogens with two attached hydrogens (primary N) is 1. The summed E-state index contributed by atoms with van der Waals surface area (Å²) in [6.45, 7) is 1.76. The first kappa shape index (κ1) is 14.8. The van der Waals surface area contributed by atoms with E-state index >= 15 is 0 Å². The molecule has 0 fully saturated rings. The summed E-state index contributed by atoms with van der Waals surface area (Å²) >= 11 is 0. The highest BCUT2D eigenvalue weighted by Gasteiger charge is 2.53. The van der Waals surface area contributed by atoms with Crippen molar-refractivity contribution in [2.75, 3.05) is 13.2 Å². The summed E-state index contributed by atoms with van der Waals surface area (Å²) < 4.78 is 31.5. The lowest BCUT2D eigenvalue weighted by Crippen LogP contribution is -2.62. The molecule has 15 heavy (non-hydrogen) atoms. The van der Waals surface area contributed by atoms with Crippen molar-refractivity contribution in [3.05, 3.63) is 0 Å². The van der Waals surface area contributed by atoms with Gasteiger partial charge in [0.1, 0.15) is 0 Å². The van der Waals surface area contributed by atoms with Gasteiger partial charge in [0.15, 0.2) is 4.87 Å². The molecule has 0 aliphatic rings. The van der Waals surface area contributed by atoms with Crippen molar-refractivity contribution in [1.82, 2.24) is 0 Å². The van der Waals surface area contributed by atoms with Crippen LogP contribution >= 0.6 is 0 Å². The Kier molecular flexibility index (Phi) is 4.68. The lowest BCUT2D eigenvalue weighted by Gasteiger charge is -2.41. The van der Waals surface area contributed by atoms with Gasteiger partial charge in [-0.1, -0.05) is 20.3 Å². The molecule has 92 valence electrons. The summed E-state index contributed by atoms with van der Waals surface area (Å²) in [5, 5.41) is 18.2. The van der Waals surface area contributed by atoms with E-state index in [9.17, 15) is 8.42 Å². The van der Waals surface area contributed by atoms with Crippen LogP contribution in [0.25, 0.3) is 0 Å².